The minimum atomic E-state index is -1.90. The number of aliphatic hydroxyl groups is 2. The third-order valence-corrected chi connectivity index (χ3v) is 12.7. The molecule has 3 N–H and O–H groups in total. The van der Waals surface area contributed by atoms with E-state index in [9.17, 15) is 34.5 Å². The molecular weight excluding hydrogens is 877 g/mol. The second-order valence-corrected chi connectivity index (χ2v) is 19.2. The van der Waals surface area contributed by atoms with Crippen LogP contribution in [-0.2, 0) is 42.9 Å². The summed E-state index contributed by atoms with van der Waals surface area (Å²) in [6.07, 6.45) is 39.8. The number of carboxylic acid groups (broad SMARTS) is 1. The average Bonchev–Trinajstić information content (AvgIpc) is 3.33. The predicted molar refractivity (Wildman–Crippen MR) is 276 cm³/mol. The van der Waals surface area contributed by atoms with Gasteiger partial charge >= 0.3 is 23.9 Å². The number of carboxylic acids is 1. The lowest BCUT2D eigenvalue weighted by atomic mass is 9.98. The number of hydrogen-bond acceptors (Lipinski definition) is 11. The van der Waals surface area contributed by atoms with Gasteiger partial charge in [0, 0.05) is 19.3 Å². The van der Waals surface area contributed by atoms with Crippen molar-refractivity contribution in [2.75, 3.05) is 13.2 Å². The summed E-state index contributed by atoms with van der Waals surface area (Å²) in [4.78, 5) is 50.9. The van der Waals surface area contributed by atoms with Crippen molar-refractivity contribution in [3.8, 4) is 0 Å². The van der Waals surface area contributed by atoms with E-state index in [-0.39, 0.29) is 25.9 Å². The van der Waals surface area contributed by atoms with Crippen LogP contribution in [0, 0.1) is 0 Å². The Labute approximate surface area is 419 Å². The summed E-state index contributed by atoms with van der Waals surface area (Å²) in [7, 11) is 0. The molecule has 12 nitrogen and oxygen atoms in total. The van der Waals surface area contributed by atoms with Crippen LogP contribution in [0.2, 0.25) is 0 Å². The second-order valence-electron chi connectivity index (χ2n) is 19.2. The molecule has 0 aliphatic carbocycles. The Balaban J connectivity index is 2.68. The Bertz CT molecular complexity index is 1350. The van der Waals surface area contributed by atoms with Gasteiger partial charge in [0.05, 0.1) is 6.61 Å². The van der Waals surface area contributed by atoms with E-state index in [0.717, 1.165) is 103 Å². The normalized spacial score (nSPS) is 18.9. The molecule has 0 aromatic heterocycles. The number of rotatable bonds is 47. The van der Waals surface area contributed by atoms with Crippen molar-refractivity contribution in [2.24, 2.45) is 0 Å². The van der Waals surface area contributed by atoms with E-state index in [4.69, 9.17) is 23.7 Å². The number of carbonyl (C=O) groups excluding carboxylic acids is 3. The molecule has 1 aliphatic rings. The zero-order valence-corrected chi connectivity index (χ0v) is 43.8. The van der Waals surface area contributed by atoms with Crippen LogP contribution in [0.15, 0.2) is 36.5 Å². The van der Waals surface area contributed by atoms with Crippen molar-refractivity contribution < 1.29 is 58.2 Å². The van der Waals surface area contributed by atoms with Gasteiger partial charge in [0.15, 0.2) is 24.6 Å². The van der Waals surface area contributed by atoms with Gasteiger partial charge in [-0.25, -0.2) is 4.79 Å². The van der Waals surface area contributed by atoms with E-state index in [1.165, 1.54) is 89.9 Å². The lowest BCUT2D eigenvalue weighted by molar-refractivity contribution is -0.301. The van der Waals surface area contributed by atoms with Crippen LogP contribution >= 0.6 is 0 Å². The number of esters is 3. The van der Waals surface area contributed by atoms with E-state index in [1.54, 1.807) is 0 Å². The highest BCUT2D eigenvalue weighted by molar-refractivity contribution is 5.74. The highest BCUT2D eigenvalue weighted by Gasteiger charge is 2.50. The summed E-state index contributed by atoms with van der Waals surface area (Å²) in [5.74, 6) is -3.11. The predicted octanol–water partition coefficient (Wildman–Crippen LogP) is 13.7. The molecule has 1 fully saturated rings. The Morgan fingerprint density at radius 3 is 1.39 bits per heavy atom. The molecule has 6 unspecified atom stereocenters. The van der Waals surface area contributed by atoms with E-state index in [2.05, 4.69) is 57.2 Å². The molecule has 400 valence electrons. The Kier molecular flexibility index (Phi) is 42.7. The first-order valence-electron chi connectivity index (χ1n) is 28.0. The van der Waals surface area contributed by atoms with Gasteiger partial charge in [-0.3, -0.25) is 14.4 Å². The molecular formula is C57H100O12. The first kappa shape index (κ1) is 64.0. The Morgan fingerprint density at radius 1 is 0.493 bits per heavy atom. The van der Waals surface area contributed by atoms with E-state index >= 15 is 0 Å². The van der Waals surface area contributed by atoms with Crippen molar-refractivity contribution in [3.05, 3.63) is 36.5 Å². The highest BCUT2D eigenvalue weighted by atomic mass is 16.7. The van der Waals surface area contributed by atoms with Crippen LogP contribution in [0.1, 0.15) is 252 Å². The quantitative estimate of drug-likeness (QED) is 0.0228. The molecule has 0 bridgehead atoms. The molecule has 0 saturated carbocycles. The largest absolute Gasteiger partial charge is 0.479 e. The van der Waals surface area contributed by atoms with Gasteiger partial charge in [-0.2, -0.15) is 0 Å². The maximum Gasteiger partial charge on any atom is 0.335 e. The molecule has 1 aliphatic heterocycles. The molecule has 0 aromatic rings. The lowest BCUT2D eigenvalue weighted by Crippen LogP contribution is -2.61. The van der Waals surface area contributed by atoms with Gasteiger partial charge < -0.3 is 39.0 Å². The van der Waals surface area contributed by atoms with Crippen molar-refractivity contribution >= 4 is 23.9 Å². The average molecular weight is 977 g/mol. The molecule has 0 aromatic carbocycles. The number of carbonyl (C=O) groups is 4. The minimum absolute atomic E-state index is 0.0525. The monoisotopic (exact) mass is 977 g/mol. The maximum atomic E-state index is 13.1. The number of hydrogen-bond donors (Lipinski definition) is 3. The van der Waals surface area contributed by atoms with E-state index < -0.39 is 67.3 Å². The fourth-order valence-electron chi connectivity index (χ4n) is 8.44. The standard InChI is InChI=1S/C57H100O12/c1-4-7-10-13-16-19-22-23-24-25-26-27-30-33-36-39-42-45-51(60)68-55-53(62)52(61)54(56(63)64)69-57(55)66-47-48(67-50(59)44-41-38-35-32-29-21-18-15-12-9-6-3)46-65-49(58)43-40-37-34-31-28-20-17-14-11-8-5-2/h7,10,16,19,23-24,48,52-55,57,61-62H,4-6,8-9,11-15,17-18,20-22,25-47H2,1-3H3,(H,63,64)/b10-7-,19-16-,24-23-. The van der Waals surface area contributed by atoms with Gasteiger partial charge in [-0.15, -0.1) is 0 Å². The van der Waals surface area contributed by atoms with Crippen molar-refractivity contribution in [1.82, 2.24) is 0 Å². The minimum Gasteiger partial charge on any atom is -0.479 e. The fourth-order valence-corrected chi connectivity index (χ4v) is 8.44. The van der Waals surface area contributed by atoms with Crippen LogP contribution in [0.25, 0.3) is 0 Å². The summed E-state index contributed by atoms with van der Waals surface area (Å²) in [6.45, 7) is 5.86. The van der Waals surface area contributed by atoms with Crippen LogP contribution in [0.4, 0.5) is 0 Å². The lowest BCUT2D eigenvalue weighted by Gasteiger charge is -2.40. The van der Waals surface area contributed by atoms with Gasteiger partial charge in [-0.05, 0) is 51.4 Å². The number of unbranched alkanes of at least 4 members (excludes halogenated alkanes) is 27. The van der Waals surface area contributed by atoms with Gasteiger partial charge in [-0.1, -0.05) is 218 Å². The number of ether oxygens (including phenoxy) is 5. The van der Waals surface area contributed by atoms with Crippen LogP contribution in [0.3, 0.4) is 0 Å². The first-order chi connectivity index (χ1) is 33.6. The van der Waals surface area contributed by atoms with Crippen molar-refractivity contribution in [2.45, 2.75) is 289 Å². The summed E-state index contributed by atoms with van der Waals surface area (Å²) in [5.41, 5.74) is 0. The highest BCUT2D eigenvalue weighted by Crippen LogP contribution is 2.26. The number of allylic oxidation sites excluding steroid dienone is 6. The van der Waals surface area contributed by atoms with E-state index in [1.807, 2.05) is 0 Å². The number of aliphatic carboxylic acids is 1. The summed E-state index contributed by atoms with van der Waals surface area (Å²) in [6, 6.07) is 0. The Morgan fingerprint density at radius 2 is 0.913 bits per heavy atom. The molecule has 1 heterocycles. The molecule has 1 saturated heterocycles. The fraction of sp³-hybridized carbons (Fsp3) is 0.825. The third kappa shape index (κ3) is 36.5. The van der Waals surface area contributed by atoms with Gasteiger partial charge in [0.25, 0.3) is 0 Å². The van der Waals surface area contributed by atoms with Crippen LogP contribution in [0.5, 0.6) is 0 Å². The Hall–Kier alpha value is -3.06. The number of aliphatic hydroxyl groups excluding tert-OH is 2. The van der Waals surface area contributed by atoms with Crippen LogP contribution in [-0.4, -0.2) is 89.2 Å². The van der Waals surface area contributed by atoms with Crippen molar-refractivity contribution in [1.29, 1.82) is 0 Å². The van der Waals surface area contributed by atoms with E-state index in [0.29, 0.717) is 19.3 Å². The molecule has 12 heteroatoms. The third-order valence-electron chi connectivity index (χ3n) is 12.7. The molecule has 0 spiro atoms. The van der Waals surface area contributed by atoms with Gasteiger partial charge in [0.2, 0.25) is 0 Å². The maximum absolute atomic E-state index is 13.1. The molecule has 0 radical (unpaired) electrons. The summed E-state index contributed by atoms with van der Waals surface area (Å²) >= 11 is 0. The molecule has 1 rings (SSSR count). The first-order valence-corrected chi connectivity index (χ1v) is 28.0. The summed E-state index contributed by atoms with van der Waals surface area (Å²) in [5, 5.41) is 31.4. The smallest absolute Gasteiger partial charge is 0.335 e. The zero-order valence-electron chi connectivity index (χ0n) is 43.8. The SMILES string of the molecule is CC/C=C\C/C=C\C/C=C\CCCCCCCCCC(=O)OC1C(OCC(COC(=O)CCCCCCCCCCCCC)OC(=O)CCCCCCCCCCCCC)OC(C(=O)O)C(O)C1O. The zero-order chi connectivity index (χ0) is 50.4. The molecule has 69 heavy (non-hydrogen) atoms. The topological polar surface area (TPSA) is 175 Å². The van der Waals surface area contributed by atoms with Crippen LogP contribution < -0.4 is 0 Å². The summed E-state index contributed by atoms with van der Waals surface area (Å²) < 4.78 is 28.3. The molecule has 6 atom stereocenters. The second kappa shape index (κ2) is 46.0. The molecule has 0 amide bonds. The van der Waals surface area contributed by atoms with Gasteiger partial charge in [0.1, 0.15) is 18.8 Å². The van der Waals surface area contributed by atoms with Crippen molar-refractivity contribution in [3.63, 3.8) is 0 Å².